The minimum atomic E-state index is -0.596. The Morgan fingerprint density at radius 2 is 2.05 bits per heavy atom. The Hall–Kier alpha value is -1.95. The summed E-state index contributed by atoms with van der Waals surface area (Å²) in [5, 5.41) is 0. The van der Waals surface area contributed by atoms with Crippen LogP contribution in [0.5, 0.6) is 5.75 Å². The molecule has 20 heavy (non-hydrogen) atoms. The van der Waals surface area contributed by atoms with E-state index < -0.39 is 11.9 Å². The molecule has 0 spiro atoms. The number of nitrogens with zero attached hydrogens (tertiary/aromatic N) is 1. The van der Waals surface area contributed by atoms with Crippen molar-refractivity contribution in [1.29, 1.82) is 0 Å². The first-order chi connectivity index (χ1) is 9.52. The number of hydrogen-bond donors (Lipinski definition) is 1. The minimum Gasteiger partial charge on any atom is -0.494 e. The van der Waals surface area contributed by atoms with E-state index in [1.807, 2.05) is 0 Å². The summed E-state index contributed by atoms with van der Waals surface area (Å²) >= 11 is 0. The van der Waals surface area contributed by atoms with Crippen LogP contribution in [0.25, 0.3) is 0 Å². The molecule has 1 aliphatic carbocycles. The molecule has 1 heterocycles. The molecule has 6 heteroatoms. The number of amides is 2. The molecule has 106 valence electrons. The number of nitrogens with two attached hydrogens (primary N) is 1. The number of carbonyl (C=O) groups is 2. The van der Waals surface area contributed by atoms with Crippen LogP contribution >= 0.6 is 0 Å². The number of halogens is 1. The summed E-state index contributed by atoms with van der Waals surface area (Å²) in [6.45, 7) is 0.0937. The lowest BCUT2D eigenvalue weighted by molar-refractivity contribution is -0.141. The van der Waals surface area contributed by atoms with Crippen molar-refractivity contribution in [3.63, 3.8) is 0 Å². The summed E-state index contributed by atoms with van der Waals surface area (Å²) in [6, 6.07) is 3.80. The van der Waals surface area contributed by atoms with Gasteiger partial charge in [-0.25, -0.2) is 4.39 Å². The van der Waals surface area contributed by atoms with Gasteiger partial charge in [0.05, 0.1) is 18.9 Å². The highest BCUT2D eigenvalue weighted by molar-refractivity contribution is 6.08. The van der Waals surface area contributed by atoms with E-state index in [-0.39, 0.29) is 35.9 Å². The normalized spacial score (nSPS) is 25.6. The maximum Gasteiger partial charge on any atom is 0.233 e. The van der Waals surface area contributed by atoms with Crippen molar-refractivity contribution in [3.8, 4) is 5.75 Å². The zero-order chi connectivity index (χ0) is 14.4. The van der Waals surface area contributed by atoms with Gasteiger partial charge in [-0.05, 0) is 24.1 Å². The zero-order valence-electron chi connectivity index (χ0n) is 11.0. The number of piperidine rings is 1. The molecule has 1 saturated heterocycles. The fourth-order valence-corrected chi connectivity index (χ4v) is 2.65. The maximum absolute atomic E-state index is 13.6. The zero-order valence-corrected chi connectivity index (χ0v) is 11.0. The van der Waals surface area contributed by atoms with Crippen LogP contribution in [0.1, 0.15) is 18.0 Å². The van der Waals surface area contributed by atoms with Crippen molar-refractivity contribution < 1.29 is 18.7 Å². The molecule has 1 aromatic carbocycles. The molecule has 3 unspecified atom stereocenters. The van der Waals surface area contributed by atoms with E-state index in [1.165, 1.54) is 24.1 Å². The largest absolute Gasteiger partial charge is 0.494 e. The van der Waals surface area contributed by atoms with Gasteiger partial charge in [-0.1, -0.05) is 6.07 Å². The average Bonchev–Trinajstić information content (AvgIpc) is 3.19. The topological polar surface area (TPSA) is 72.6 Å². The third-order valence-electron chi connectivity index (χ3n) is 3.94. The number of fused-ring (bicyclic) bond motifs is 1. The van der Waals surface area contributed by atoms with E-state index in [1.54, 1.807) is 6.07 Å². The lowest BCUT2D eigenvalue weighted by Crippen LogP contribution is -2.38. The van der Waals surface area contributed by atoms with Crippen molar-refractivity contribution in [1.82, 2.24) is 4.90 Å². The Labute approximate surface area is 115 Å². The molecule has 0 aromatic heterocycles. The van der Waals surface area contributed by atoms with Gasteiger partial charge in [0.25, 0.3) is 0 Å². The van der Waals surface area contributed by atoms with Crippen LogP contribution in [-0.4, -0.2) is 30.4 Å². The number of methoxy groups -OCH3 is 1. The average molecular weight is 278 g/mol. The van der Waals surface area contributed by atoms with Crippen molar-refractivity contribution in [2.75, 3.05) is 13.7 Å². The van der Waals surface area contributed by atoms with Crippen LogP contribution in [0.2, 0.25) is 0 Å². The highest BCUT2D eigenvalue weighted by Gasteiger charge is 2.58. The van der Waals surface area contributed by atoms with Gasteiger partial charge in [-0.15, -0.1) is 0 Å². The highest BCUT2D eigenvalue weighted by Crippen LogP contribution is 2.47. The number of hydrogen-bond acceptors (Lipinski definition) is 4. The molecule has 2 N–H and O–H groups in total. The molecular weight excluding hydrogens is 263 g/mol. The standard InChI is InChI=1S/C14H15FN2O3/c1-20-12-3-2-7(4-10(12)15)11(16)6-17-13(18)8-5-9(8)14(17)19/h2-4,8-9,11H,5-6,16H2,1H3. The van der Waals surface area contributed by atoms with E-state index in [0.717, 1.165) is 0 Å². The Bertz CT molecular complexity index is 570. The number of carbonyl (C=O) groups excluding carboxylic acids is 2. The monoisotopic (exact) mass is 278 g/mol. The SMILES string of the molecule is COc1ccc(C(N)CN2C(=O)C3CC3C2=O)cc1F. The van der Waals surface area contributed by atoms with Crippen LogP contribution in [0.3, 0.4) is 0 Å². The molecule has 2 fully saturated rings. The second kappa shape index (κ2) is 4.56. The smallest absolute Gasteiger partial charge is 0.233 e. The number of imide groups is 1. The Morgan fingerprint density at radius 3 is 2.60 bits per heavy atom. The quantitative estimate of drug-likeness (QED) is 0.828. The maximum atomic E-state index is 13.6. The first kappa shape index (κ1) is 13.1. The van der Waals surface area contributed by atoms with Gasteiger partial charge in [0, 0.05) is 12.6 Å². The molecule has 1 aliphatic heterocycles. The molecule has 5 nitrogen and oxygen atoms in total. The predicted octanol–water partition coefficient (Wildman–Crippen LogP) is 0.839. The van der Waals surface area contributed by atoms with Gasteiger partial charge < -0.3 is 10.5 Å². The van der Waals surface area contributed by atoms with E-state index in [4.69, 9.17) is 10.5 Å². The molecule has 1 aromatic rings. The first-order valence-corrected chi connectivity index (χ1v) is 6.47. The Morgan fingerprint density at radius 1 is 1.40 bits per heavy atom. The molecule has 3 atom stereocenters. The summed E-state index contributed by atoms with van der Waals surface area (Å²) in [5.74, 6) is -0.948. The number of likely N-dealkylation sites (tertiary alicyclic amines) is 1. The summed E-state index contributed by atoms with van der Waals surface area (Å²) < 4.78 is 18.5. The molecule has 3 rings (SSSR count). The van der Waals surface area contributed by atoms with Gasteiger partial charge in [0.15, 0.2) is 11.6 Å². The molecule has 1 saturated carbocycles. The van der Waals surface area contributed by atoms with Crippen LogP contribution in [0, 0.1) is 17.7 Å². The van der Waals surface area contributed by atoms with Gasteiger partial charge in [0.2, 0.25) is 11.8 Å². The predicted molar refractivity (Wildman–Crippen MR) is 68.2 cm³/mol. The summed E-state index contributed by atoms with van der Waals surface area (Å²) in [4.78, 5) is 24.9. The molecule has 2 aliphatic rings. The molecule has 0 bridgehead atoms. The molecular formula is C14H15FN2O3. The second-order valence-electron chi connectivity index (χ2n) is 5.24. The fourth-order valence-electron chi connectivity index (χ4n) is 2.65. The van der Waals surface area contributed by atoms with Crippen molar-refractivity contribution in [3.05, 3.63) is 29.6 Å². The number of benzene rings is 1. The third kappa shape index (κ3) is 1.96. The van der Waals surface area contributed by atoms with E-state index in [9.17, 15) is 14.0 Å². The molecule has 2 amide bonds. The lowest BCUT2D eigenvalue weighted by atomic mass is 10.1. The van der Waals surface area contributed by atoms with Crippen LogP contribution in [-0.2, 0) is 9.59 Å². The molecule has 0 radical (unpaired) electrons. The number of ether oxygens (including phenoxy) is 1. The fraction of sp³-hybridized carbons (Fsp3) is 0.429. The van der Waals surface area contributed by atoms with Crippen molar-refractivity contribution in [2.45, 2.75) is 12.5 Å². The second-order valence-corrected chi connectivity index (χ2v) is 5.24. The van der Waals surface area contributed by atoms with Crippen LogP contribution < -0.4 is 10.5 Å². The Kier molecular flexibility index (Phi) is 2.97. The number of rotatable bonds is 4. The van der Waals surface area contributed by atoms with Gasteiger partial charge in [0.1, 0.15) is 0 Å². The van der Waals surface area contributed by atoms with E-state index in [2.05, 4.69) is 0 Å². The summed E-state index contributed by atoms with van der Waals surface area (Å²) in [7, 11) is 1.38. The van der Waals surface area contributed by atoms with Gasteiger partial charge in [-0.2, -0.15) is 0 Å². The Balaban J connectivity index is 1.73. The van der Waals surface area contributed by atoms with Crippen LogP contribution in [0.4, 0.5) is 4.39 Å². The van der Waals surface area contributed by atoms with Crippen molar-refractivity contribution in [2.24, 2.45) is 17.6 Å². The highest BCUT2D eigenvalue weighted by atomic mass is 19.1. The van der Waals surface area contributed by atoms with Crippen LogP contribution in [0.15, 0.2) is 18.2 Å². The van der Waals surface area contributed by atoms with Gasteiger partial charge >= 0.3 is 0 Å². The summed E-state index contributed by atoms with van der Waals surface area (Å²) in [6.07, 6.45) is 0.667. The summed E-state index contributed by atoms with van der Waals surface area (Å²) in [5.41, 5.74) is 6.50. The first-order valence-electron chi connectivity index (χ1n) is 6.47. The van der Waals surface area contributed by atoms with Gasteiger partial charge in [-0.3, -0.25) is 14.5 Å². The van der Waals surface area contributed by atoms with E-state index >= 15 is 0 Å². The third-order valence-corrected chi connectivity index (χ3v) is 3.94. The lowest BCUT2D eigenvalue weighted by Gasteiger charge is -2.21. The van der Waals surface area contributed by atoms with E-state index in [0.29, 0.717) is 12.0 Å². The minimum absolute atomic E-state index is 0.0937. The van der Waals surface area contributed by atoms with Crippen molar-refractivity contribution >= 4 is 11.8 Å².